The number of halogens is 3. The Morgan fingerprint density at radius 3 is 2.67 bits per heavy atom. The minimum Gasteiger partial charge on any atom is -0.360 e. The van der Waals surface area contributed by atoms with Gasteiger partial charge in [0.1, 0.15) is 21.4 Å². The number of amides is 1. The summed E-state index contributed by atoms with van der Waals surface area (Å²) >= 11 is 12.9. The summed E-state index contributed by atoms with van der Waals surface area (Å²) in [5.74, 6) is 0.150. The van der Waals surface area contributed by atoms with Gasteiger partial charge in [0.15, 0.2) is 11.6 Å². The van der Waals surface area contributed by atoms with Gasteiger partial charge in [-0.05, 0) is 70.2 Å². The fraction of sp³-hybridized carbons (Fsp3) is 0.389. The van der Waals surface area contributed by atoms with Gasteiger partial charge < -0.3 is 14.4 Å². The Labute approximate surface area is 294 Å². The van der Waals surface area contributed by atoms with E-state index in [1.165, 1.54) is 0 Å². The van der Waals surface area contributed by atoms with Crippen LogP contribution < -0.4 is 0 Å². The van der Waals surface area contributed by atoms with Crippen LogP contribution in [0.2, 0.25) is 10.0 Å². The molecular formula is C36H33Cl2FN6O3S. The zero-order chi connectivity index (χ0) is 34.3. The van der Waals surface area contributed by atoms with Crippen molar-refractivity contribution in [1.29, 1.82) is 5.26 Å². The summed E-state index contributed by atoms with van der Waals surface area (Å²) in [6, 6.07) is 10.8. The van der Waals surface area contributed by atoms with Gasteiger partial charge in [-0.2, -0.15) is 5.26 Å². The molecule has 5 aromatic rings. The molecule has 3 aromatic heterocycles. The van der Waals surface area contributed by atoms with Gasteiger partial charge in [0.05, 0.1) is 33.4 Å². The lowest BCUT2D eigenvalue weighted by atomic mass is 9.93. The van der Waals surface area contributed by atoms with Crippen LogP contribution in [0.15, 0.2) is 39.8 Å². The molecule has 5 heterocycles. The van der Waals surface area contributed by atoms with Crippen LogP contribution in [0.3, 0.4) is 0 Å². The number of carbonyl (C=O) groups is 1. The predicted octanol–water partition coefficient (Wildman–Crippen LogP) is 7.91. The molecule has 3 aliphatic rings. The summed E-state index contributed by atoms with van der Waals surface area (Å²) in [4.78, 5) is 24.9. The lowest BCUT2D eigenvalue weighted by molar-refractivity contribution is -0.135. The molecular weight excluding hydrogens is 686 g/mol. The number of aromatic amines is 1. The van der Waals surface area contributed by atoms with Crippen molar-refractivity contribution in [1.82, 2.24) is 24.3 Å². The molecule has 1 saturated carbocycles. The molecule has 1 amide bonds. The number of hydrogen-bond acceptors (Lipinski definition) is 6. The number of hydrogen-bond donors (Lipinski definition) is 1. The van der Waals surface area contributed by atoms with Crippen LogP contribution in [-0.2, 0) is 22.2 Å². The van der Waals surface area contributed by atoms with Gasteiger partial charge in [0.2, 0.25) is 5.91 Å². The van der Waals surface area contributed by atoms with Gasteiger partial charge in [0, 0.05) is 70.7 Å². The molecule has 4 unspecified atom stereocenters. The van der Waals surface area contributed by atoms with E-state index in [9.17, 15) is 14.3 Å². The van der Waals surface area contributed by atoms with E-state index in [1.54, 1.807) is 32.0 Å². The molecule has 2 bridgehead atoms. The second-order valence-corrected chi connectivity index (χ2v) is 15.7. The molecule has 1 aliphatic carbocycles. The van der Waals surface area contributed by atoms with E-state index in [4.69, 9.17) is 32.7 Å². The molecule has 49 heavy (non-hydrogen) atoms. The van der Waals surface area contributed by atoms with Crippen molar-refractivity contribution in [3.8, 4) is 17.2 Å². The summed E-state index contributed by atoms with van der Waals surface area (Å²) in [6.07, 6.45) is 3.03. The third kappa shape index (κ3) is 5.27. The highest BCUT2D eigenvalue weighted by atomic mass is 35.5. The Morgan fingerprint density at radius 2 is 1.96 bits per heavy atom. The number of fused-ring (bicyclic) bond motifs is 5. The minimum absolute atomic E-state index is 0.00509. The van der Waals surface area contributed by atoms with Crippen LogP contribution in [0, 0.1) is 49.8 Å². The van der Waals surface area contributed by atoms with Gasteiger partial charge >= 0.3 is 0 Å². The van der Waals surface area contributed by atoms with Crippen molar-refractivity contribution < 1.29 is 17.9 Å². The molecule has 3 fully saturated rings. The number of benzene rings is 2. The van der Waals surface area contributed by atoms with Crippen LogP contribution in [0.5, 0.6) is 0 Å². The molecule has 1 N–H and O–H groups in total. The zero-order valence-electron chi connectivity index (χ0n) is 27.1. The van der Waals surface area contributed by atoms with Crippen LogP contribution in [-0.4, -0.2) is 53.6 Å². The van der Waals surface area contributed by atoms with Crippen molar-refractivity contribution in [2.75, 3.05) is 13.1 Å². The number of carbonyl (C=O) groups excluding carboxylic acids is 1. The van der Waals surface area contributed by atoms with Gasteiger partial charge in [0.25, 0.3) is 0 Å². The normalized spacial score (nSPS) is 21.5. The van der Waals surface area contributed by atoms with E-state index in [0.717, 1.165) is 35.9 Å². The number of rotatable bonds is 7. The largest absolute Gasteiger partial charge is 0.360 e. The first-order chi connectivity index (χ1) is 23.6. The highest BCUT2D eigenvalue weighted by Gasteiger charge is 2.52. The molecule has 4 atom stereocenters. The van der Waals surface area contributed by atoms with Crippen molar-refractivity contribution in [2.45, 2.75) is 69.9 Å². The van der Waals surface area contributed by atoms with E-state index >= 15 is 4.39 Å². The molecule has 2 saturated heterocycles. The van der Waals surface area contributed by atoms with Crippen LogP contribution >= 0.6 is 23.2 Å². The first kappa shape index (κ1) is 32.4. The van der Waals surface area contributed by atoms with Crippen LogP contribution in [0.1, 0.15) is 60.1 Å². The molecule has 0 radical (unpaired) electrons. The first-order valence-electron chi connectivity index (χ1n) is 16.4. The molecule has 8 rings (SSSR count). The number of pyridine rings is 1. The maximum atomic E-state index is 16.7. The Morgan fingerprint density at radius 1 is 1.16 bits per heavy atom. The molecule has 9 nitrogen and oxygen atoms in total. The number of nitrogens with zero attached hydrogens (tertiary/aromatic N) is 5. The summed E-state index contributed by atoms with van der Waals surface area (Å²) in [7, 11) is -1.49. The number of likely N-dealkylation sites (tertiary alicyclic amines) is 1. The van der Waals surface area contributed by atoms with Crippen molar-refractivity contribution in [3.63, 3.8) is 0 Å². The van der Waals surface area contributed by atoms with Gasteiger partial charge in [-0.25, -0.2) is 17.9 Å². The molecule has 252 valence electrons. The maximum Gasteiger partial charge on any atom is 0.226 e. The second kappa shape index (κ2) is 12.2. The standard InChI is InChI=1S/C36H33Cl2FN6O3S/c1-17-25-14-28(34-22-12-23(45(34)36(46)20-9-10-20)16-44(15-22)49(47)35-18(2)43-48-19(35)3)42-32(25)26-13-21(6-5-11-40)29(31(39)33(26)41-17)24-7-4-8-27(37)30(24)38/h4,7-8,13-14,20,22-23,34,42H,5-6,9-10,12,15-16H2,1-3H3. The van der Waals surface area contributed by atoms with Gasteiger partial charge in [-0.1, -0.05) is 40.5 Å². The Bertz CT molecular complexity index is 2240. The first-order valence-corrected chi connectivity index (χ1v) is 18.3. The number of aromatic nitrogens is 3. The quantitative estimate of drug-likeness (QED) is 0.183. The monoisotopic (exact) mass is 718 g/mol. The lowest BCUT2D eigenvalue weighted by Gasteiger charge is -2.31. The van der Waals surface area contributed by atoms with E-state index in [1.807, 2.05) is 28.3 Å². The number of nitrogens with one attached hydrogen (secondary N) is 1. The van der Waals surface area contributed by atoms with Crippen molar-refractivity contribution in [2.24, 2.45) is 11.8 Å². The number of nitriles is 1. The third-order valence-electron chi connectivity index (χ3n) is 10.3. The summed E-state index contributed by atoms with van der Waals surface area (Å²) in [5.41, 5.74) is 4.34. The highest BCUT2D eigenvalue weighted by molar-refractivity contribution is 7.82. The smallest absolute Gasteiger partial charge is 0.226 e. The number of aryl methyl sites for hydroxylation is 4. The van der Waals surface area contributed by atoms with Gasteiger partial charge in [-0.3, -0.25) is 4.79 Å². The summed E-state index contributed by atoms with van der Waals surface area (Å²) < 4.78 is 37.9. The molecule has 2 aliphatic heterocycles. The SMILES string of the molecule is Cc1noc(C)c1S(=O)N1CC2CC(C1)N(C(=O)C1CC1)C2c1cc2c(C)nc3c(F)c(-c4cccc(Cl)c4Cl)c(CCC#N)cc3c2[nH]1. The predicted molar refractivity (Wildman–Crippen MR) is 186 cm³/mol. The van der Waals surface area contributed by atoms with E-state index < -0.39 is 16.8 Å². The third-order valence-corrected chi connectivity index (χ3v) is 12.8. The van der Waals surface area contributed by atoms with E-state index in [0.29, 0.717) is 63.1 Å². The highest BCUT2D eigenvalue weighted by Crippen LogP contribution is 2.49. The van der Waals surface area contributed by atoms with Crippen molar-refractivity contribution in [3.05, 3.63) is 74.6 Å². The summed E-state index contributed by atoms with van der Waals surface area (Å²) in [5, 5.41) is 15.4. The van der Waals surface area contributed by atoms with Crippen LogP contribution in [0.25, 0.3) is 32.9 Å². The van der Waals surface area contributed by atoms with Crippen LogP contribution in [0.4, 0.5) is 4.39 Å². The van der Waals surface area contributed by atoms with E-state index in [2.05, 4.69) is 16.2 Å². The average Bonchev–Trinajstić information content (AvgIpc) is 3.67. The second-order valence-electron chi connectivity index (χ2n) is 13.5. The minimum atomic E-state index is -1.49. The zero-order valence-corrected chi connectivity index (χ0v) is 29.5. The molecule has 13 heteroatoms. The summed E-state index contributed by atoms with van der Waals surface area (Å²) in [6.45, 7) is 6.41. The van der Waals surface area contributed by atoms with E-state index in [-0.39, 0.29) is 52.4 Å². The topological polar surface area (TPSA) is 119 Å². The van der Waals surface area contributed by atoms with Gasteiger partial charge in [-0.15, -0.1) is 0 Å². The maximum absolute atomic E-state index is 16.7. The molecule has 2 aromatic carbocycles. The number of piperidine rings is 1. The number of H-pyrrole nitrogens is 1. The Kier molecular flexibility index (Phi) is 8.06. The lowest BCUT2D eigenvalue weighted by Crippen LogP contribution is -2.45. The fourth-order valence-corrected chi connectivity index (χ4v) is 9.79. The fourth-order valence-electron chi connectivity index (χ4n) is 7.93. The average molecular weight is 720 g/mol. The Hall–Kier alpha value is -3.82. The van der Waals surface area contributed by atoms with Crippen molar-refractivity contribution >= 4 is 61.9 Å². The Balaban J connectivity index is 1.26. The molecule has 0 spiro atoms.